The molecule has 0 atom stereocenters. The van der Waals surface area contributed by atoms with Crippen molar-refractivity contribution in [3.8, 4) is 0 Å². The van der Waals surface area contributed by atoms with Crippen molar-refractivity contribution in [1.29, 1.82) is 0 Å². The SMILES string of the molecule is CN(c1ccccc1)c1ccc(C=O)cc1.CNC1CC(C)(C)NC(C)(C)C1. The average Bonchev–Trinajstić information content (AvgIpc) is 2.66. The molecule has 1 heterocycles. The van der Waals surface area contributed by atoms with Gasteiger partial charge in [-0.15, -0.1) is 0 Å². The van der Waals surface area contributed by atoms with Crippen LogP contribution in [0.5, 0.6) is 0 Å². The predicted octanol–water partition coefficient (Wildman–Crippen LogP) is 4.78. The molecule has 1 aliphatic heterocycles. The number of anilines is 2. The Balaban J connectivity index is 0.000000209. The quantitative estimate of drug-likeness (QED) is 0.748. The number of piperidine rings is 1. The van der Waals surface area contributed by atoms with Crippen LogP contribution in [0.3, 0.4) is 0 Å². The molecule has 2 aromatic carbocycles. The van der Waals surface area contributed by atoms with Crippen molar-refractivity contribution in [2.24, 2.45) is 0 Å². The molecule has 1 saturated heterocycles. The third-order valence-corrected chi connectivity index (χ3v) is 5.16. The summed E-state index contributed by atoms with van der Waals surface area (Å²) in [5, 5.41) is 7.03. The molecule has 0 saturated carbocycles. The number of para-hydroxylation sites is 1. The Morgan fingerprint density at radius 2 is 1.43 bits per heavy atom. The number of rotatable bonds is 4. The van der Waals surface area contributed by atoms with Crippen molar-refractivity contribution >= 4 is 17.7 Å². The third kappa shape index (κ3) is 6.47. The molecule has 0 aliphatic carbocycles. The summed E-state index contributed by atoms with van der Waals surface area (Å²) in [4.78, 5) is 12.6. The molecule has 28 heavy (non-hydrogen) atoms. The first-order chi connectivity index (χ1) is 13.2. The first kappa shape index (κ1) is 22.1. The normalized spacial score (nSPS) is 17.9. The van der Waals surface area contributed by atoms with Crippen molar-refractivity contribution in [3.05, 3.63) is 60.2 Å². The molecular weight excluding hydrogens is 346 g/mol. The van der Waals surface area contributed by atoms with Crippen molar-refractivity contribution in [3.63, 3.8) is 0 Å². The highest BCUT2D eigenvalue weighted by atomic mass is 16.1. The van der Waals surface area contributed by atoms with Crippen LogP contribution in [0.25, 0.3) is 0 Å². The summed E-state index contributed by atoms with van der Waals surface area (Å²) in [7, 11) is 4.06. The van der Waals surface area contributed by atoms with Gasteiger partial charge in [-0.1, -0.05) is 18.2 Å². The average molecular weight is 382 g/mol. The summed E-state index contributed by atoms with van der Waals surface area (Å²) in [6.07, 6.45) is 3.28. The fourth-order valence-corrected chi connectivity index (χ4v) is 4.10. The molecule has 0 amide bonds. The fourth-order valence-electron chi connectivity index (χ4n) is 4.10. The maximum atomic E-state index is 10.5. The second kappa shape index (κ2) is 9.35. The Morgan fingerprint density at radius 3 is 1.89 bits per heavy atom. The van der Waals surface area contributed by atoms with Gasteiger partial charge in [-0.05, 0) is 84.0 Å². The van der Waals surface area contributed by atoms with Crippen LogP contribution in [0.1, 0.15) is 50.9 Å². The smallest absolute Gasteiger partial charge is 0.150 e. The number of aldehydes is 1. The number of hydrogen-bond acceptors (Lipinski definition) is 4. The second-order valence-electron chi connectivity index (χ2n) is 8.89. The molecule has 0 bridgehead atoms. The molecule has 0 unspecified atom stereocenters. The van der Waals surface area contributed by atoms with E-state index in [-0.39, 0.29) is 11.1 Å². The van der Waals surface area contributed by atoms with Crippen molar-refractivity contribution in [2.45, 2.75) is 57.7 Å². The summed E-state index contributed by atoms with van der Waals surface area (Å²) >= 11 is 0. The van der Waals surface area contributed by atoms with Gasteiger partial charge >= 0.3 is 0 Å². The Hall–Kier alpha value is -2.17. The van der Waals surface area contributed by atoms with Gasteiger partial charge in [-0.25, -0.2) is 0 Å². The van der Waals surface area contributed by atoms with Crippen molar-refractivity contribution in [2.75, 3.05) is 19.0 Å². The van der Waals surface area contributed by atoms with E-state index in [4.69, 9.17) is 0 Å². The number of benzene rings is 2. The molecule has 4 nitrogen and oxygen atoms in total. The largest absolute Gasteiger partial charge is 0.345 e. The molecule has 0 aromatic heterocycles. The molecule has 152 valence electrons. The van der Waals surface area contributed by atoms with Crippen LogP contribution in [-0.2, 0) is 0 Å². The summed E-state index contributed by atoms with van der Waals surface area (Å²) in [5.41, 5.74) is 3.44. The number of carbonyl (C=O) groups excluding carboxylic acids is 1. The highest BCUT2D eigenvalue weighted by Crippen LogP contribution is 2.28. The van der Waals surface area contributed by atoms with Crippen LogP contribution in [0.2, 0.25) is 0 Å². The lowest BCUT2D eigenvalue weighted by molar-refractivity contribution is 0.112. The molecule has 0 spiro atoms. The van der Waals surface area contributed by atoms with Gasteiger partial charge in [0.2, 0.25) is 0 Å². The van der Waals surface area contributed by atoms with Gasteiger partial charge < -0.3 is 15.5 Å². The molecule has 2 N–H and O–H groups in total. The van der Waals surface area contributed by atoms with Crippen LogP contribution in [0, 0.1) is 0 Å². The van der Waals surface area contributed by atoms with E-state index in [0.717, 1.165) is 17.7 Å². The van der Waals surface area contributed by atoms with Gasteiger partial charge in [0.15, 0.2) is 0 Å². The highest BCUT2D eigenvalue weighted by Gasteiger charge is 2.36. The first-order valence-corrected chi connectivity index (χ1v) is 9.96. The van der Waals surface area contributed by atoms with Crippen molar-refractivity contribution in [1.82, 2.24) is 10.6 Å². The molecule has 1 aliphatic rings. The van der Waals surface area contributed by atoms with Crippen LogP contribution < -0.4 is 15.5 Å². The Kier molecular flexibility index (Phi) is 7.39. The summed E-state index contributed by atoms with van der Waals surface area (Å²) in [5.74, 6) is 0. The van der Waals surface area contributed by atoms with E-state index in [1.807, 2.05) is 61.6 Å². The lowest BCUT2D eigenvalue weighted by atomic mass is 9.80. The van der Waals surface area contributed by atoms with Crippen LogP contribution in [0.4, 0.5) is 11.4 Å². The molecule has 1 fully saturated rings. The molecule has 2 aromatic rings. The maximum Gasteiger partial charge on any atom is 0.150 e. The number of hydrogen-bond donors (Lipinski definition) is 2. The summed E-state index contributed by atoms with van der Waals surface area (Å²) in [6.45, 7) is 9.10. The number of nitrogens with one attached hydrogen (secondary N) is 2. The number of carbonyl (C=O) groups is 1. The Labute approximate surface area is 170 Å². The minimum atomic E-state index is 0.273. The fraction of sp³-hybridized carbons (Fsp3) is 0.458. The molecule has 0 radical (unpaired) electrons. The van der Waals surface area contributed by atoms with E-state index in [1.165, 1.54) is 12.8 Å². The van der Waals surface area contributed by atoms with E-state index < -0.39 is 0 Å². The van der Waals surface area contributed by atoms with E-state index in [1.54, 1.807) is 0 Å². The Morgan fingerprint density at radius 1 is 0.929 bits per heavy atom. The van der Waals surface area contributed by atoms with Crippen molar-refractivity contribution < 1.29 is 4.79 Å². The van der Waals surface area contributed by atoms with Gasteiger partial charge in [0, 0.05) is 41.1 Å². The van der Waals surface area contributed by atoms with E-state index in [2.05, 4.69) is 50.3 Å². The summed E-state index contributed by atoms with van der Waals surface area (Å²) < 4.78 is 0. The van der Waals surface area contributed by atoms with Gasteiger partial charge in [0.1, 0.15) is 6.29 Å². The number of nitrogens with zero attached hydrogens (tertiary/aromatic N) is 1. The van der Waals surface area contributed by atoms with E-state index >= 15 is 0 Å². The van der Waals surface area contributed by atoms with Gasteiger partial charge in [0.05, 0.1) is 0 Å². The highest BCUT2D eigenvalue weighted by molar-refractivity contribution is 5.76. The van der Waals surface area contributed by atoms with Crippen LogP contribution >= 0.6 is 0 Å². The lowest BCUT2D eigenvalue weighted by Crippen LogP contribution is -2.61. The standard InChI is InChI=1S/C14H13NO.C10H22N2/c1-15(13-5-3-2-4-6-13)14-9-7-12(11-16)8-10-14;1-9(2)6-8(11-5)7-10(3,4)12-9/h2-11H,1H3;8,11-12H,6-7H2,1-5H3. The van der Waals surface area contributed by atoms with Crippen LogP contribution in [-0.4, -0.2) is 37.5 Å². The molecule has 3 rings (SSSR count). The maximum absolute atomic E-state index is 10.5. The minimum Gasteiger partial charge on any atom is -0.345 e. The van der Waals surface area contributed by atoms with E-state index in [9.17, 15) is 4.79 Å². The zero-order chi connectivity index (χ0) is 20.8. The zero-order valence-corrected chi connectivity index (χ0v) is 18.1. The monoisotopic (exact) mass is 381 g/mol. The second-order valence-corrected chi connectivity index (χ2v) is 8.89. The summed E-state index contributed by atoms with van der Waals surface area (Å²) in [6, 6.07) is 18.3. The Bertz CT molecular complexity index is 722. The van der Waals surface area contributed by atoms with Gasteiger partial charge in [0.25, 0.3) is 0 Å². The van der Waals surface area contributed by atoms with Gasteiger partial charge in [-0.3, -0.25) is 4.79 Å². The minimum absolute atomic E-state index is 0.273. The molecule has 4 heteroatoms. The lowest BCUT2D eigenvalue weighted by Gasteiger charge is -2.46. The third-order valence-electron chi connectivity index (χ3n) is 5.16. The zero-order valence-electron chi connectivity index (χ0n) is 18.1. The van der Waals surface area contributed by atoms with E-state index in [0.29, 0.717) is 11.6 Å². The topological polar surface area (TPSA) is 44.4 Å². The predicted molar refractivity (Wildman–Crippen MR) is 120 cm³/mol. The first-order valence-electron chi connectivity index (χ1n) is 9.96. The van der Waals surface area contributed by atoms with Crippen LogP contribution in [0.15, 0.2) is 54.6 Å². The molecular formula is C24H35N3O. The van der Waals surface area contributed by atoms with Gasteiger partial charge in [-0.2, -0.15) is 0 Å².